The molecule has 5 heteroatoms. The molecular formula is C26H36N2O3. The first-order chi connectivity index (χ1) is 15.1. The van der Waals surface area contributed by atoms with Gasteiger partial charge in [-0.2, -0.15) is 0 Å². The zero-order valence-corrected chi connectivity index (χ0v) is 18.7. The van der Waals surface area contributed by atoms with Crippen molar-refractivity contribution in [1.82, 2.24) is 9.80 Å². The van der Waals surface area contributed by atoms with Gasteiger partial charge in [-0.25, -0.2) is 0 Å². The third kappa shape index (κ3) is 2.92. The van der Waals surface area contributed by atoms with Crippen molar-refractivity contribution in [3.63, 3.8) is 0 Å². The van der Waals surface area contributed by atoms with Gasteiger partial charge in [-0.05, 0) is 88.4 Å². The molecule has 6 rings (SSSR count). The fraction of sp³-hybridized carbons (Fsp3) is 0.769. The summed E-state index contributed by atoms with van der Waals surface area (Å²) in [5.74, 6) is 0.731. The molecule has 0 aromatic carbocycles. The van der Waals surface area contributed by atoms with Crippen molar-refractivity contribution >= 4 is 12.1 Å². The first kappa shape index (κ1) is 20.3. The van der Waals surface area contributed by atoms with Crippen molar-refractivity contribution in [2.75, 3.05) is 26.2 Å². The second-order valence-electron chi connectivity index (χ2n) is 11.0. The molecule has 5 bridgehead atoms. The first-order valence-electron chi connectivity index (χ1n) is 12.6. The fourth-order valence-corrected chi connectivity index (χ4v) is 8.39. The van der Waals surface area contributed by atoms with Gasteiger partial charge in [0.05, 0.1) is 6.04 Å². The standard InChI is InChI=1S/C26H36N2O3/c29-17-20-16-25-11-5-3-1-2-4-6-13-27-15-10-22(20)24(19-27)18-26(31-25)12-9-21(30)8-7-14-28(26)23(24)25/h1,3,16-17,22-23H,2,4-15,18-19H2. The molecule has 6 unspecified atom stereocenters. The summed E-state index contributed by atoms with van der Waals surface area (Å²) >= 11 is 0. The SMILES string of the molecule is O=CC1=CC23CCC=CCCCCN4CCC1C1(C4)CC4(CCC(=O)CCCN4C21)O3. The van der Waals surface area contributed by atoms with Gasteiger partial charge >= 0.3 is 0 Å². The molecular weight excluding hydrogens is 388 g/mol. The Kier molecular flexibility index (Phi) is 4.82. The lowest BCUT2D eigenvalue weighted by molar-refractivity contribution is -0.184. The Balaban J connectivity index is 1.50. The molecule has 5 nitrogen and oxygen atoms in total. The molecule has 0 aromatic rings. The lowest BCUT2D eigenvalue weighted by Crippen LogP contribution is -2.65. The van der Waals surface area contributed by atoms with Crippen molar-refractivity contribution in [2.24, 2.45) is 11.3 Å². The van der Waals surface area contributed by atoms with Gasteiger partial charge in [0.15, 0.2) is 0 Å². The van der Waals surface area contributed by atoms with E-state index in [-0.39, 0.29) is 16.7 Å². The molecule has 5 aliphatic heterocycles. The third-order valence-corrected chi connectivity index (χ3v) is 9.34. The van der Waals surface area contributed by atoms with Crippen LogP contribution < -0.4 is 0 Å². The van der Waals surface area contributed by atoms with Gasteiger partial charge < -0.3 is 9.64 Å². The van der Waals surface area contributed by atoms with Gasteiger partial charge in [0.2, 0.25) is 0 Å². The number of allylic oxidation sites excluding steroid dienone is 3. The molecule has 0 N–H and O–H groups in total. The van der Waals surface area contributed by atoms with Crippen LogP contribution in [0.25, 0.3) is 0 Å². The molecule has 6 atom stereocenters. The maximum atomic E-state index is 12.4. The van der Waals surface area contributed by atoms with E-state index in [4.69, 9.17) is 4.74 Å². The van der Waals surface area contributed by atoms with Crippen molar-refractivity contribution in [1.29, 1.82) is 0 Å². The van der Waals surface area contributed by atoms with Crippen LogP contribution in [0.3, 0.4) is 0 Å². The molecule has 0 amide bonds. The molecule has 0 saturated carbocycles. The predicted molar refractivity (Wildman–Crippen MR) is 118 cm³/mol. The van der Waals surface area contributed by atoms with Gasteiger partial charge in [-0.15, -0.1) is 0 Å². The average Bonchev–Trinajstić information content (AvgIpc) is 3.15. The molecule has 0 aromatic heterocycles. The largest absolute Gasteiger partial charge is 0.348 e. The summed E-state index contributed by atoms with van der Waals surface area (Å²) in [7, 11) is 0. The van der Waals surface area contributed by atoms with Crippen LogP contribution in [0.1, 0.15) is 70.6 Å². The number of hydrogen-bond acceptors (Lipinski definition) is 5. The highest BCUT2D eigenvalue weighted by Gasteiger charge is 2.76. The van der Waals surface area contributed by atoms with E-state index < -0.39 is 0 Å². The Labute approximate surface area is 185 Å². The predicted octanol–water partition coefficient (Wildman–Crippen LogP) is 3.64. The average molecular weight is 425 g/mol. The number of hydrogen-bond donors (Lipinski definition) is 0. The number of rotatable bonds is 1. The quantitative estimate of drug-likeness (QED) is 0.475. The lowest BCUT2D eigenvalue weighted by Gasteiger charge is -2.59. The Morgan fingerprint density at radius 3 is 2.84 bits per heavy atom. The summed E-state index contributed by atoms with van der Waals surface area (Å²) in [5.41, 5.74) is 0.361. The minimum absolute atomic E-state index is 0.0760. The van der Waals surface area contributed by atoms with E-state index in [1.165, 1.54) is 12.8 Å². The monoisotopic (exact) mass is 424 g/mol. The zero-order chi connectivity index (χ0) is 21.1. The number of piperidine rings is 1. The first-order valence-corrected chi connectivity index (χ1v) is 12.6. The Morgan fingerprint density at radius 1 is 1.03 bits per heavy atom. The molecule has 5 heterocycles. The van der Waals surface area contributed by atoms with Gasteiger partial charge in [0.1, 0.15) is 23.4 Å². The lowest BCUT2D eigenvalue weighted by atomic mass is 9.54. The summed E-state index contributed by atoms with van der Waals surface area (Å²) in [5, 5.41) is 0. The van der Waals surface area contributed by atoms with Crippen LogP contribution in [0, 0.1) is 11.3 Å². The third-order valence-electron chi connectivity index (χ3n) is 9.34. The molecule has 31 heavy (non-hydrogen) atoms. The van der Waals surface area contributed by atoms with Crippen molar-refractivity contribution in [2.45, 2.75) is 88.0 Å². The van der Waals surface area contributed by atoms with Crippen molar-refractivity contribution in [3.8, 4) is 0 Å². The number of nitrogens with zero attached hydrogens (tertiary/aromatic N) is 2. The van der Waals surface area contributed by atoms with E-state index in [0.717, 1.165) is 83.0 Å². The van der Waals surface area contributed by atoms with Gasteiger partial charge in [0.25, 0.3) is 0 Å². The van der Waals surface area contributed by atoms with E-state index in [2.05, 4.69) is 28.0 Å². The highest BCUT2D eigenvalue weighted by atomic mass is 16.6. The molecule has 0 radical (unpaired) electrons. The van der Waals surface area contributed by atoms with E-state index >= 15 is 0 Å². The minimum Gasteiger partial charge on any atom is -0.348 e. The van der Waals surface area contributed by atoms with Crippen LogP contribution in [0.2, 0.25) is 0 Å². The van der Waals surface area contributed by atoms with E-state index in [1.54, 1.807) is 0 Å². The Bertz CT molecular complexity index is 837. The van der Waals surface area contributed by atoms with Crippen LogP contribution in [0.15, 0.2) is 23.8 Å². The summed E-state index contributed by atoms with van der Waals surface area (Å²) < 4.78 is 7.12. The molecule has 4 saturated heterocycles. The number of ether oxygens (including phenoxy) is 1. The van der Waals surface area contributed by atoms with Crippen molar-refractivity contribution in [3.05, 3.63) is 23.8 Å². The zero-order valence-electron chi connectivity index (χ0n) is 18.7. The second kappa shape index (κ2) is 7.36. The molecule has 6 aliphatic rings. The number of Topliss-reactive ketones (excluding diaryl/α,β-unsaturated/α-hetero) is 1. The summed E-state index contributed by atoms with van der Waals surface area (Å²) in [4.78, 5) is 30.1. The van der Waals surface area contributed by atoms with E-state index in [0.29, 0.717) is 30.6 Å². The molecule has 168 valence electrons. The highest BCUT2D eigenvalue weighted by molar-refractivity contribution is 5.79. The molecule has 1 spiro atoms. The van der Waals surface area contributed by atoms with Crippen LogP contribution >= 0.6 is 0 Å². The van der Waals surface area contributed by atoms with Crippen molar-refractivity contribution < 1.29 is 14.3 Å². The number of carbonyl (C=O) groups is 2. The van der Waals surface area contributed by atoms with Gasteiger partial charge in [0, 0.05) is 31.3 Å². The minimum atomic E-state index is -0.389. The molecule has 4 fully saturated rings. The summed E-state index contributed by atoms with van der Waals surface area (Å²) in [6, 6.07) is 0.332. The van der Waals surface area contributed by atoms with E-state index in [9.17, 15) is 9.59 Å². The number of fused-ring (bicyclic) bond motifs is 1. The second-order valence-corrected chi connectivity index (χ2v) is 11.0. The van der Waals surface area contributed by atoms with E-state index in [1.807, 2.05) is 0 Å². The maximum absolute atomic E-state index is 12.4. The Morgan fingerprint density at radius 2 is 1.94 bits per heavy atom. The van der Waals surface area contributed by atoms with Gasteiger partial charge in [-0.3, -0.25) is 14.5 Å². The number of aldehydes is 1. The van der Waals surface area contributed by atoms with Crippen LogP contribution in [-0.4, -0.2) is 65.4 Å². The maximum Gasteiger partial charge on any atom is 0.146 e. The number of carbonyl (C=O) groups excluding carboxylic acids is 2. The highest BCUT2D eigenvalue weighted by Crippen LogP contribution is 2.69. The van der Waals surface area contributed by atoms with Crippen LogP contribution in [0.4, 0.5) is 0 Å². The smallest absolute Gasteiger partial charge is 0.146 e. The Hall–Kier alpha value is -1.30. The fourth-order valence-electron chi connectivity index (χ4n) is 8.39. The summed E-state index contributed by atoms with van der Waals surface area (Å²) in [6.45, 7) is 4.29. The number of ketones is 1. The topological polar surface area (TPSA) is 49.9 Å². The molecule has 1 aliphatic carbocycles. The van der Waals surface area contributed by atoms with Gasteiger partial charge in [-0.1, -0.05) is 12.2 Å². The van der Waals surface area contributed by atoms with Crippen LogP contribution in [0.5, 0.6) is 0 Å². The van der Waals surface area contributed by atoms with Crippen LogP contribution in [-0.2, 0) is 14.3 Å². The summed E-state index contributed by atoms with van der Waals surface area (Å²) in [6.07, 6.45) is 18.8. The normalized spacial score (nSPS) is 47.4.